The number of ether oxygens (including phenoxy) is 2. The fraction of sp³-hybridized carbons (Fsp3) is 0.250. The number of hydrogen-bond donors (Lipinski definition) is 1. The molecule has 0 aliphatic carbocycles. The molecular weight excluding hydrogens is 374 g/mol. The Morgan fingerprint density at radius 3 is 3.03 bits per heavy atom. The zero-order chi connectivity index (χ0) is 19.8. The quantitative estimate of drug-likeness (QED) is 0.541. The van der Waals surface area contributed by atoms with Crippen LogP contribution in [0.15, 0.2) is 47.0 Å². The van der Waals surface area contributed by atoms with Crippen LogP contribution >= 0.6 is 0 Å². The highest BCUT2D eigenvalue weighted by molar-refractivity contribution is 5.88. The summed E-state index contributed by atoms with van der Waals surface area (Å²) in [6.45, 7) is 2.23. The lowest BCUT2D eigenvalue weighted by molar-refractivity contribution is 0.200. The van der Waals surface area contributed by atoms with E-state index in [1.54, 1.807) is 28.8 Å². The van der Waals surface area contributed by atoms with Crippen LogP contribution in [0.1, 0.15) is 0 Å². The molecule has 1 N–H and O–H groups in total. The molecule has 1 aromatic carbocycles. The molecule has 4 aromatic rings. The normalized spacial score (nSPS) is 14.0. The van der Waals surface area contributed by atoms with Crippen molar-refractivity contribution in [2.24, 2.45) is 0 Å². The first-order valence-electron chi connectivity index (χ1n) is 9.30. The molecule has 0 radical (unpaired) electrons. The average molecular weight is 393 g/mol. The van der Waals surface area contributed by atoms with E-state index in [1.165, 1.54) is 0 Å². The van der Waals surface area contributed by atoms with Crippen molar-refractivity contribution in [1.82, 2.24) is 24.8 Å². The minimum atomic E-state index is -0.0609. The first-order chi connectivity index (χ1) is 14.2. The molecule has 0 bridgehead atoms. The molecule has 0 spiro atoms. The number of methoxy groups -OCH3 is 1. The van der Waals surface area contributed by atoms with E-state index in [0.717, 1.165) is 16.7 Å². The maximum atomic E-state index is 11.6. The maximum Gasteiger partial charge on any atom is 0.317 e. The van der Waals surface area contributed by atoms with Crippen molar-refractivity contribution in [3.05, 3.63) is 42.6 Å². The number of aromatic nitrogens is 3. The Bertz CT molecular complexity index is 1200. The van der Waals surface area contributed by atoms with Gasteiger partial charge in [0.1, 0.15) is 23.6 Å². The number of urea groups is 1. The summed E-state index contributed by atoms with van der Waals surface area (Å²) in [6, 6.07) is 11.1. The standard InChI is InChI=1S/C20H19N5O4/c1-27-15-3-2-4-16-13(15)11-17(29-16)14-12-22-18-5-6-19(23-25(14)18)28-10-9-24-8-7-21-20(24)26/h2-6,11-12H,7-10H2,1H3,(H,21,26). The third kappa shape index (κ3) is 3.10. The summed E-state index contributed by atoms with van der Waals surface area (Å²) in [7, 11) is 1.63. The van der Waals surface area contributed by atoms with Crippen LogP contribution in [0.25, 0.3) is 28.1 Å². The third-order valence-electron chi connectivity index (χ3n) is 4.89. The van der Waals surface area contributed by atoms with Crippen LogP contribution in [0.4, 0.5) is 4.79 Å². The fourth-order valence-electron chi connectivity index (χ4n) is 3.42. The lowest BCUT2D eigenvalue weighted by Gasteiger charge is -2.14. The van der Waals surface area contributed by atoms with Crippen molar-refractivity contribution >= 4 is 22.6 Å². The van der Waals surface area contributed by atoms with Crippen LogP contribution in [0.3, 0.4) is 0 Å². The lowest BCUT2D eigenvalue weighted by atomic mass is 10.2. The number of furan rings is 1. The molecule has 0 saturated carbocycles. The minimum absolute atomic E-state index is 0.0609. The van der Waals surface area contributed by atoms with Crippen molar-refractivity contribution in [3.8, 4) is 23.1 Å². The van der Waals surface area contributed by atoms with E-state index in [1.807, 2.05) is 30.3 Å². The number of carbonyl (C=O) groups excluding carboxylic acids is 1. The summed E-state index contributed by atoms with van der Waals surface area (Å²) < 4.78 is 18.8. The van der Waals surface area contributed by atoms with Crippen molar-refractivity contribution < 1.29 is 18.7 Å². The van der Waals surface area contributed by atoms with Gasteiger partial charge >= 0.3 is 6.03 Å². The zero-order valence-corrected chi connectivity index (χ0v) is 15.8. The number of nitrogens with zero attached hydrogens (tertiary/aromatic N) is 4. The molecule has 148 valence electrons. The first kappa shape index (κ1) is 17.4. The van der Waals surface area contributed by atoms with Gasteiger partial charge in [0, 0.05) is 19.2 Å². The number of rotatable bonds is 6. The molecule has 3 aromatic heterocycles. The number of imidazole rings is 1. The lowest BCUT2D eigenvalue weighted by Crippen LogP contribution is -2.31. The molecule has 29 heavy (non-hydrogen) atoms. The van der Waals surface area contributed by atoms with Crippen LogP contribution in [-0.2, 0) is 0 Å². The molecule has 1 aliphatic rings. The van der Waals surface area contributed by atoms with Crippen molar-refractivity contribution in [2.45, 2.75) is 0 Å². The summed E-state index contributed by atoms with van der Waals surface area (Å²) in [6.07, 6.45) is 1.71. The van der Waals surface area contributed by atoms with Gasteiger partial charge in [0.05, 0.1) is 25.2 Å². The van der Waals surface area contributed by atoms with Gasteiger partial charge in [0.25, 0.3) is 0 Å². The maximum absolute atomic E-state index is 11.6. The average Bonchev–Trinajstić information content (AvgIpc) is 3.45. The Morgan fingerprint density at radius 2 is 2.21 bits per heavy atom. The molecule has 1 fully saturated rings. The van der Waals surface area contributed by atoms with Gasteiger partial charge in [-0.15, -0.1) is 5.10 Å². The molecule has 9 heteroatoms. The van der Waals surface area contributed by atoms with Gasteiger partial charge in [-0.3, -0.25) is 0 Å². The Kier molecular flexibility index (Phi) is 4.19. The number of nitrogens with one attached hydrogen (secondary N) is 1. The molecular formula is C20H19N5O4. The van der Waals surface area contributed by atoms with Gasteiger partial charge in [0.2, 0.25) is 5.88 Å². The summed E-state index contributed by atoms with van der Waals surface area (Å²) >= 11 is 0. The number of hydrogen-bond acceptors (Lipinski definition) is 6. The van der Waals surface area contributed by atoms with Gasteiger partial charge in [-0.05, 0) is 24.3 Å². The third-order valence-corrected chi connectivity index (χ3v) is 4.89. The fourth-order valence-corrected chi connectivity index (χ4v) is 3.42. The van der Waals surface area contributed by atoms with Crippen molar-refractivity contribution in [2.75, 3.05) is 33.4 Å². The zero-order valence-electron chi connectivity index (χ0n) is 15.8. The number of benzene rings is 1. The highest BCUT2D eigenvalue weighted by Gasteiger charge is 2.19. The Balaban J connectivity index is 1.41. The van der Waals surface area contributed by atoms with Gasteiger partial charge in [-0.25, -0.2) is 14.3 Å². The van der Waals surface area contributed by atoms with Gasteiger partial charge in [0.15, 0.2) is 11.4 Å². The highest BCUT2D eigenvalue weighted by atomic mass is 16.5. The Labute approximate surface area is 165 Å². The van der Waals surface area contributed by atoms with E-state index in [2.05, 4.69) is 15.4 Å². The van der Waals surface area contributed by atoms with E-state index in [0.29, 0.717) is 49.2 Å². The topological polar surface area (TPSA) is 94.1 Å². The summed E-state index contributed by atoms with van der Waals surface area (Å²) in [5.74, 6) is 1.83. The van der Waals surface area contributed by atoms with E-state index in [-0.39, 0.29) is 6.03 Å². The van der Waals surface area contributed by atoms with E-state index in [4.69, 9.17) is 13.9 Å². The first-order valence-corrected chi connectivity index (χ1v) is 9.30. The monoisotopic (exact) mass is 393 g/mol. The second kappa shape index (κ2) is 7.01. The molecule has 9 nitrogen and oxygen atoms in total. The SMILES string of the molecule is COc1cccc2oc(-c3cnc4ccc(OCCN5CCNC5=O)nn34)cc12. The smallest absolute Gasteiger partial charge is 0.317 e. The van der Waals surface area contributed by atoms with E-state index < -0.39 is 0 Å². The van der Waals surface area contributed by atoms with Gasteiger partial charge in [-0.2, -0.15) is 0 Å². The van der Waals surface area contributed by atoms with E-state index >= 15 is 0 Å². The molecule has 2 amide bonds. The number of fused-ring (bicyclic) bond motifs is 2. The van der Waals surface area contributed by atoms with Crippen LogP contribution in [-0.4, -0.2) is 58.9 Å². The largest absolute Gasteiger partial charge is 0.496 e. The van der Waals surface area contributed by atoms with Crippen molar-refractivity contribution in [1.29, 1.82) is 0 Å². The molecule has 0 atom stereocenters. The van der Waals surface area contributed by atoms with Crippen LogP contribution in [0.5, 0.6) is 11.6 Å². The highest BCUT2D eigenvalue weighted by Crippen LogP contribution is 2.33. The van der Waals surface area contributed by atoms with Gasteiger partial charge in [-0.1, -0.05) is 6.07 Å². The predicted octanol–water partition coefficient (Wildman–Crippen LogP) is 2.56. The Hall–Kier alpha value is -3.75. The summed E-state index contributed by atoms with van der Waals surface area (Å²) in [4.78, 5) is 17.7. The summed E-state index contributed by atoms with van der Waals surface area (Å²) in [5, 5.41) is 8.18. The number of amides is 2. The molecule has 1 saturated heterocycles. The van der Waals surface area contributed by atoms with E-state index in [9.17, 15) is 4.79 Å². The second-order valence-corrected chi connectivity index (χ2v) is 6.64. The predicted molar refractivity (Wildman–Crippen MR) is 105 cm³/mol. The second-order valence-electron chi connectivity index (χ2n) is 6.64. The van der Waals surface area contributed by atoms with Crippen LogP contribution in [0, 0.1) is 0 Å². The molecule has 4 heterocycles. The van der Waals surface area contributed by atoms with Crippen LogP contribution < -0.4 is 14.8 Å². The number of carbonyl (C=O) groups is 1. The van der Waals surface area contributed by atoms with Crippen molar-refractivity contribution in [3.63, 3.8) is 0 Å². The molecule has 1 aliphatic heterocycles. The summed E-state index contributed by atoms with van der Waals surface area (Å²) in [5.41, 5.74) is 2.12. The molecule has 5 rings (SSSR count). The Morgan fingerprint density at radius 1 is 1.28 bits per heavy atom. The van der Waals surface area contributed by atoms with Crippen LogP contribution in [0.2, 0.25) is 0 Å². The van der Waals surface area contributed by atoms with Gasteiger partial charge < -0.3 is 24.1 Å². The minimum Gasteiger partial charge on any atom is -0.496 e. The molecule has 0 unspecified atom stereocenters.